The molecular weight excluding hydrogens is 332 g/mol. The van der Waals surface area contributed by atoms with Crippen molar-refractivity contribution >= 4 is 11.7 Å². The minimum Gasteiger partial charge on any atom is -0.481 e. The second kappa shape index (κ2) is 7.70. The molecule has 1 aliphatic carbocycles. The molecule has 1 atom stereocenters. The van der Waals surface area contributed by atoms with Crippen molar-refractivity contribution in [1.82, 2.24) is 15.3 Å². The number of hydrogen-bond donors (Lipinski definition) is 2. The summed E-state index contributed by atoms with van der Waals surface area (Å²) in [4.78, 5) is 23.1. The summed E-state index contributed by atoms with van der Waals surface area (Å²) in [5, 5.41) is 12.7. The number of nitrogens with one attached hydrogen (secondary N) is 1. The summed E-state index contributed by atoms with van der Waals surface area (Å²) in [6.07, 6.45) is 4.31. The van der Waals surface area contributed by atoms with E-state index in [1.807, 2.05) is 31.1 Å². The number of pyridine rings is 2. The summed E-state index contributed by atoms with van der Waals surface area (Å²) in [7, 11) is 5.36. The Morgan fingerprint density at radius 3 is 2.50 bits per heavy atom. The largest absolute Gasteiger partial charge is 0.481 e. The third kappa shape index (κ3) is 3.94. The van der Waals surface area contributed by atoms with Crippen LogP contribution >= 0.6 is 0 Å². The van der Waals surface area contributed by atoms with E-state index in [2.05, 4.69) is 15.3 Å². The van der Waals surface area contributed by atoms with Crippen LogP contribution in [0, 0.1) is 5.92 Å². The summed E-state index contributed by atoms with van der Waals surface area (Å²) in [6, 6.07) is 7.03. The molecule has 0 aromatic carbocycles. The van der Waals surface area contributed by atoms with Crippen LogP contribution in [0.3, 0.4) is 0 Å². The fourth-order valence-corrected chi connectivity index (χ4v) is 3.08. The van der Waals surface area contributed by atoms with E-state index in [0.29, 0.717) is 24.3 Å². The summed E-state index contributed by atoms with van der Waals surface area (Å²) in [5.41, 5.74) is 1.40. The van der Waals surface area contributed by atoms with Gasteiger partial charge in [0.25, 0.3) is 5.91 Å². The van der Waals surface area contributed by atoms with Crippen LogP contribution in [0.2, 0.25) is 0 Å². The van der Waals surface area contributed by atoms with Crippen molar-refractivity contribution < 1.29 is 14.6 Å². The molecule has 2 aromatic heterocycles. The first kappa shape index (κ1) is 18.1. The quantitative estimate of drug-likeness (QED) is 0.821. The highest BCUT2D eigenvalue weighted by atomic mass is 16.5. The fraction of sp³-hybridized carbons (Fsp3) is 0.421. The first-order valence-electron chi connectivity index (χ1n) is 8.60. The van der Waals surface area contributed by atoms with Gasteiger partial charge in [0.05, 0.1) is 24.8 Å². The lowest BCUT2D eigenvalue weighted by atomic mass is 9.75. The molecule has 0 aliphatic heterocycles. The number of carbonyl (C=O) groups excluding carboxylic acids is 1. The van der Waals surface area contributed by atoms with Crippen LogP contribution in [0.5, 0.6) is 5.88 Å². The number of ether oxygens (including phenoxy) is 1. The van der Waals surface area contributed by atoms with Gasteiger partial charge in [-0.15, -0.1) is 0 Å². The lowest BCUT2D eigenvalue weighted by molar-refractivity contribution is 0.0234. The van der Waals surface area contributed by atoms with Crippen LogP contribution < -0.4 is 15.0 Å². The molecule has 1 amide bonds. The van der Waals surface area contributed by atoms with E-state index >= 15 is 0 Å². The second-order valence-corrected chi connectivity index (χ2v) is 6.77. The van der Waals surface area contributed by atoms with E-state index in [4.69, 9.17) is 4.74 Å². The Hall–Kier alpha value is -2.67. The Bertz CT molecular complexity index is 740. The van der Waals surface area contributed by atoms with E-state index < -0.39 is 0 Å². The highest BCUT2D eigenvalue weighted by Crippen LogP contribution is 2.38. The number of aliphatic hydroxyl groups excluding tert-OH is 1. The van der Waals surface area contributed by atoms with E-state index in [9.17, 15) is 9.90 Å². The third-order valence-corrected chi connectivity index (χ3v) is 4.70. The topological polar surface area (TPSA) is 87.6 Å². The Kier molecular flexibility index (Phi) is 5.37. The number of carbonyl (C=O) groups is 1. The molecule has 138 valence electrons. The van der Waals surface area contributed by atoms with Gasteiger partial charge in [-0.2, -0.15) is 0 Å². The highest BCUT2D eigenvalue weighted by molar-refractivity contribution is 5.94. The standard InChI is InChI=1S/C19H24N4O3/c1-23(2)16-6-4-13(11-20-16)19(25)22-18(14-8-15(24)9-14)12-5-7-17(26-3)21-10-12/h4-7,10-11,14-15,18,24H,8-9H2,1-3H3,(H,22,25)/t14?,15?,18-/m0/s1. The molecule has 0 saturated heterocycles. The third-order valence-electron chi connectivity index (χ3n) is 4.70. The van der Waals surface area contributed by atoms with Gasteiger partial charge in [0.15, 0.2) is 0 Å². The predicted molar refractivity (Wildman–Crippen MR) is 98.3 cm³/mol. The smallest absolute Gasteiger partial charge is 0.253 e. The van der Waals surface area contributed by atoms with Gasteiger partial charge in [0.1, 0.15) is 5.82 Å². The Morgan fingerprint density at radius 1 is 1.23 bits per heavy atom. The highest BCUT2D eigenvalue weighted by Gasteiger charge is 2.36. The number of hydrogen-bond acceptors (Lipinski definition) is 6. The number of nitrogens with zero attached hydrogens (tertiary/aromatic N) is 3. The number of rotatable bonds is 6. The lowest BCUT2D eigenvalue weighted by Gasteiger charge is -2.38. The van der Waals surface area contributed by atoms with Gasteiger partial charge in [-0.3, -0.25) is 4.79 Å². The molecule has 0 unspecified atom stereocenters. The van der Waals surface area contributed by atoms with Gasteiger partial charge in [0, 0.05) is 32.6 Å². The van der Waals surface area contributed by atoms with Gasteiger partial charge in [-0.1, -0.05) is 6.07 Å². The molecule has 0 radical (unpaired) electrons. The summed E-state index contributed by atoms with van der Waals surface area (Å²) >= 11 is 0. The predicted octanol–water partition coefficient (Wildman–Crippen LogP) is 1.79. The van der Waals surface area contributed by atoms with Crippen molar-refractivity contribution in [1.29, 1.82) is 0 Å². The summed E-state index contributed by atoms with van der Waals surface area (Å²) in [6.45, 7) is 0. The molecular formula is C19H24N4O3. The number of anilines is 1. The Morgan fingerprint density at radius 2 is 2.00 bits per heavy atom. The van der Waals surface area contributed by atoms with Crippen molar-refractivity contribution in [2.24, 2.45) is 5.92 Å². The van der Waals surface area contributed by atoms with E-state index in [1.165, 1.54) is 0 Å². The Labute approximate surface area is 153 Å². The molecule has 3 rings (SSSR count). The van der Waals surface area contributed by atoms with Crippen LogP contribution in [0.4, 0.5) is 5.82 Å². The van der Waals surface area contributed by atoms with Gasteiger partial charge < -0.3 is 20.1 Å². The fourth-order valence-electron chi connectivity index (χ4n) is 3.08. The monoisotopic (exact) mass is 356 g/mol. The van der Waals surface area contributed by atoms with Crippen LogP contribution in [-0.4, -0.2) is 48.3 Å². The zero-order valence-corrected chi connectivity index (χ0v) is 15.2. The SMILES string of the molecule is COc1ccc([C@H](NC(=O)c2ccc(N(C)C)nc2)C2CC(O)C2)cn1. The average molecular weight is 356 g/mol. The summed E-state index contributed by atoms with van der Waals surface area (Å²) < 4.78 is 5.10. The Balaban J connectivity index is 1.77. The maximum absolute atomic E-state index is 12.7. The molecule has 1 fully saturated rings. The minimum atomic E-state index is -0.299. The van der Waals surface area contributed by atoms with Gasteiger partial charge in [-0.05, 0) is 36.5 Å². The lowest BCUT2D eigenvalue weighted by Crippen LogP contribution is -2.41. The molecule has 26 heavy (non-hydrogen) atoms. The van der Waals surface area contributed by atoms with Crippen LogP contribution in [0.15, 0.2) is 36.7 Å². The van der Waals surface area contributed by atoms with Crippen molar-refractivity contribution in [2.45, 2.75) is 25.0 Å². The number of aromatic nitrogens is 2. The zero-order valence-electron chi connectivity index (χ0n) is 15.2. The molecule has 7 heteroatoms. The average Bonchev–Trinajstić information content (AvgIpc) is 2.64. The molecule has 0 bridgehead atoms. The van der Waals surface area contributed by atoms with Crippen molar-refractivity contribution in [3.63, 3.8) is 0 Å². The first-order chi connectivity index (χ1) is 12.5. The van der Waals surface area contributed by atoms with E-state index in [0.717, 1.165) is 11.4 Å². The van der Waals surface area contributed by atoms with Gasteiger partial charge in [0.2, 0.25) is 5.88 Å². The van der Waals surface area contributed by atoms with Crippen LogP contribution in [0.1, 0.15) is 34.8 Å². The minimum absolute atomic E-state index is 0.179. The van der Waals surface area contributed by atoms with Gasteiger partial charge >= 0.3 is 0 Å². The molecule has 2 N–H and O–H groups in total. The zero-order chi connectivity index (χ0) is 18.7. The molecule has 7 nitrogen and oxygen atoms in total. The van der Waals surface area contributed by atoms with E-state index in [1.54, 1.807) is 31.6 Å². The second-order valence-electron chi connectivity index (χ2n) is 6.77. The summed E-state index contributed by atoms with van der Waals surface area (Å²) in [5.74, 6) is 1.30. The number of aliphatic hydroxyl groups is 1. The molecule has 0 spiro atoms. The van der Waals surface area contributed by atoms with Gasteiger partial charge in [-0.25, -0.2) is 9.97 Å². The molecule has 2 heterocycles. The number of methoxy groups -OCH3 is 1. The van der Waals surface area contributed by atoms with Crippen molar-refractivity contribution in [3.05, 3.63) is 47.8 Å². The molecule has 2 aromatic rings. The van der Waals surface area contributed by atoms with E-state index in [-0.39, 0.29) is 24.0 Å². The van der Waals surface area contributed by atoms with Crippen molar-refractivity contribution in [2.75, 3.05) is 26.1 Å². The maximum Gasteiger partial charge on any atom is 0.253 e. The van der Waals surface area contributed by atoms with Crippen LogP contribution in [-0.2, 0) is 0 Å². The number of amides is 1. The maximum atomic E-state index is 12.7. The molecule has 1 aliphatic rings. The first-order valence-corrected chi connectivity index (χ1v) is 8.60. The van der Waals surface area contributed by atoms with Crippen LogP contribution in [0.25, 0.3) is 0 Å². The molecule has 1 saturated carbocycles. The normalized spacial score (nSPS) is 20.0. The van der Waals surface area contributed by atoms with Crippen molar-refractivity contribution in [3.8, 4) is 5.88 Å².